The second-order valence-electron chi connectivity index (χ2n) is 3.31. The Balaban J connectivity index is 0.000000845. The summed E-state index contributed by atoms with van der Waals surface area (Å²) in [4.78, 5) is 11.0. The summed E-state index contributed by atoms with van der Waals surface area (Å²) in [5.41, 5.74) is -0.116. The van der Waals surface area contributed by atoms with Gasteiger partial charge in [0, 0.05) is 6.42 Å². The topological polar surface area (TPSA) is 40.1 Å². The fourth-order valence-electron chi connectivity index (χ4n) is 1.82. The maximum Gasteiger partial charge on any atom is 1.00 e. The van der Waals surface area contributed by atoms with Crippen molar-refractivity contribution in [1.29, 1.82) is 0 Å². The zero-order chi connectivity index (χ0) is 8.88. The number of carbonyl (C=O) groups excluding carboxylic acids is 1. The van der Waals surface area contributed by atoms with Crippen molar-refractivity contribution in [3.8, 4) is 0 Å². The Morgan fingerprint density at radius 2 is 2.15 bits per heavy atom. The summed E-state index contributed by atoms with van der Waals surface area (Å²) >= 11 is 0. The summed E-state index contributed by atoms with van der Waals surface area (Å²) in [6.07, 6.45) is -1.96. The van der Waals surface area contributed by atoms with Gasteiger partial charge in [0.2, 0.25) is 0 Å². The first kappa shape index (κ1) is 10.7. The van der Waals surface area contributed by atoms with Crippen LogP contribution in [0.5, 0.6) is 0 Å². The Morgan fingerprint density at radius 1 is 1.54 bits per heavy atom. The van der Waals surface area contributed by atoms with Crippen molar-refractivity contribution in [2.75, 3.05) is 0 Å². The van der Waals surface area contributed by atoms with E-state index in [0.29, 0.717) is 6.42 Å². The molecule has 0 amide bonds. The maximum absolute atomic E-state index is 11.9. The van der Waals surface area contributed by atoms with Gasteiger partial charge < -0.3 is 5.11 Å². The van der Waals surface area contributed by atoms with Crippen LogP contribution in [0.15, 0.2) is 11.3 Å². The molecule has 0 aliphatic heterocycles. The van der Waals surface area contributed by atoms with Crippen LogP contribution < -0.4 is 24.0 Å². The minimum absolute atomic E-state index is 0. The Morgan fingerprint density at radius 3 is 2.54 bits per heavy atom. The van der Waals surface area contributed by atoms with Crippen LogP contribution >= 0.6 is 0 Å². The van der Waals surface area contributed by atoms with Gasteiger partial charge in [0.1, 0.15) is 0 Å². The van der Waals surface area contributed by atoms with Crippen LogP contribution in [-0.4, -0.2) is 12.2 Å². The molecule has 0 saturated heterocycles. The van der Waals surface area contributed by atoms with Crippen molar-refractivity contribution in [2.45, 2.75) is 19.3 Å². The Bertz CT molecular complexity index is 275. The molecule has 2 unspecified atom stereocenters. The molecular weight excluding hydrogens is 173 g/mol. The van der Waals surface area contributed by atoms with Crippen LogP contribution in [0, 0.1) is 11.8 Å². The average Bonchev–Trinajstić information content (AvgIpc) is 2.62. The summed E-state index contributed by atoms with van der Waals surface area (Å²) in [6, 6.07) is 0. The zero-order valence-electron chi connectivity index (χ0n) is 7.22. The number of hydrogen-bond acceptors (Lipinski definition) is 2. The number of fused-ring (bicyclic) bond motifs is 1. The van der Waals surface area contributed by atoms with Crippen molar-refractivity contribution in [3.05, 3.63) is 11.3 Å². The van der Waals surface area contributed by atoms with E-state index < -0.39 is 12.2 Å². The molecule has 2 atom stereocenters. The number of carbonyl (C=O) groups is 1. The monoisotopic (exact) mass is 180 g/mol. The van der Waals surface area contributed by atoms with Gasteiger partial charge >= 0.3 is 18.9 Å². The Hall–Kier alpha value is -0.333. The normalized spacial score (nSPS) is 34.2. The fraction of sp³-hybridized carbons (Fsp3) is 0.625. The largest absolute Gasteiger partial charge is 1.00 e. The first-order valence-electron chi connectivity index (χ1n) is 3.83. The third kappa shape index (κ3) is 1.66. The third-order valence-corrected chi connectivity index (χ3v) is 2.51. The van der Waals surface area contributed by atoms with Gasteiger partial charge in [-0.05, 0) is 23.8 Å². The average molecular weight is 180 g/mol. The molecule has 13 heavy (non-hydrogen) atoms. The Labute approximate surface area is 86.2 Å². The number of Topliss-reactive ketones (excluding diaryl/α,β-unsaturated/α-hetero) is 1. The first-order valence-corrected chi connectivity index (χ1v) is 3.83. The van der Waals surface area contributed by atoms with E-state index in [4.69, 9.17) is 0 Å². The van der Waals surface area contributed by atoms with E-state index in [-0.39, 0.29) is 42.1 Å². The number of rotatable bonds is 1. The second kappa shape index (κ2) is 3.43. The molecule has 0 radical (unpaired) electrons. The predicted molar refractivity (Wildman–Crippen MR) is 34.3 cm³/mol. The SMILES string of the molecule is O=C1CC2CC2/C1=C(/[O-])C(F)F.[Li+]. The molecule has 0 N–H and O–H groups in total. The second-order valence-corrected chi connectivity index (χ2v) is 3.31. The molecule has 0 bridgehead atoms. The van der Waals surface area contributed by atoms with Gasteiger partial charge in [-0.2, -0.15) is 0 Å². The number of alkyl halides is 2. The standard InChI is InChI=1S/C8H8F2O2.Li/c9-8(10)7(12)6-4-1-3(4)2-5(6)11;/h3-4,8,12H,1-2H2;/q;+1/p-1/b7-6-;. The van der Waals surface area contributed by atoms with Crippen molar-refractivity contribution < 1.29 is 37.5 Å². The van der Waals surface area contributed by atoms with Crippen LogP contribution in [0.1, 0.15) is 12.8 Å². The van der Waals surface area contributed by atoms with Gasteiger partial charge in [-0.3, -0.25) is 4.79 Å². The van der Waals surface area contributed by atoms with Gasteiger partial charge in [0.25, 0.3) is 6.43 Å². The molecule has 2 aliphatic rings. The van der Waals surface area contributed by atoms with E-state index in [0.717, 1.165) is 6.42 Å². The van der Waals surface area contributed by atoms with E-state index in [9.17, 15) is 18.7 Å². The minimum atomic E-state index is -3.01. The van der Waals surface area contributed by atoms with Gasteiger partial charge in [-0.15, -0.1) is 0 Å². The van der Waals surface area contributed by atoms with E-state index in [2.05, 4.69) is 0 Å². The molecule has 0 spiro atoms. The fourth-order valence-corrected chi connectivity index (χ4v) is 1.82. The molecule has 2 nitrogen and oxygen atoms in total. The first-order chi connectivity index (χ1) is 5.61. The molecule has 5 heteroatoms. The molecule has 0 aromatic rings. The number of ketones is 1. The van der Waals surface area contributed by atoms with Crippen LogP contribution in [0.2, 0.25) is 0 Å². The van der Waals surface area contributed by atoms with Gasteiger partial charge in [0.15, 0.2) is 5.78 Å². The van der Waals surface area contributed by atoms with Crippen LogP contribution in [-0.2, 0) is 4.79 Å². The molecule has 0 aromatic carbocycles. The van der Waals surface area contributed by atoms with Gasteiger partial charge in [-0.25, -0.2) is 8.78 Å². The summed E-state index contributed by atoms with van der Waals surface area (Å²) < 4.78 is 23.8. The van der Waals surface area contributed by atoms with E-state index in [1.807, 2.05) is 0 Å². The van der Waals surface area contributed by atoms with Crippen molar-refractivity contribution >= 4 is 5.78 Å². The predicted octanol–water partition coefficient (Wildman–Crippen LogP) is -2.52. The van der Waals surface area contributed by atoms with E-state index in [1.165, 1.54) is 0 Å². The van der Waals surface area contributed by atoms with Crippen molar-refractivity contribution in [1.82, 2.24) is 0 Å². The number of allylic oxidation sites excluding steroid dienone is 2. The van der Waals surface area contributed by atoms with E-state index >= 15 is 0 Å². The maximum atomic E-state index is 11.9. The Kier molecular flexibility index (Phi) is 2.84. The number of halogens is 2. The summed E-state index contributed by atoms with van der Waals surface area (Å²) in [5, 5.41) is 10.8. The van der Waals surface area contributed by atoms with Crippen LogP contribution in [0.3, 0.4) is 0 Å². The van der Waals surface area contributed by atoms with Crippen molar-refractivity contribution in [2.24, 2.45) is 11.8 Å². The molecule has 66 valence electrons. The van der Waals surface area contributed by atoms with Gasteiger partial charge in [-0.1, -0.05) is 5.76 Å². The quantitative estimate of drug-likeness (QED) is 0.254. The molecule has 2 aliphatic carbocycles. The summed E-state index contributed by atoms with van der Waals surface area (Å²) in [6.45, 7) is 0. The smallest absolute Gasteiger partial charge is 0.871 e. The molecule has 2 saturated carbocycles. The van der Waals surface area contributed by atoms with Crippen molar-refractivity contribution in [3.63, 3.8) is 0 Å². The van der Waals surface area contributed by atoms with Crippen LogP contribution in [0.4, 0.5) is 8.78 Å². The zero-order valence-corrected chi connectivity index (χ0v) is 7.22. The van der Waals surface area contributed by atoms with E-state index in [1.54, 1.807) is 0 Å². The molecule has 2 rings (SSSR count). The third-order valence-electron chi connectivity index (χ3n) is 2.51. The van der Waals surface area contributed by atoms with Gasteiger partial charge in [0.05, 0.1) is 0 Å². The molecule has 0 heterocycles. The summed E-state index contributed by atoms with van der Waals surface area (Å²) in [5.74, 6) is -1.53. The molecule has 0 aromatic heterocycles. The minimum Gasteiger partial charge on any atom is -0.871 e. The summed E-state index contributed by atoms with van der Waals surface area (Å²) in [7, 11) is 0. The molecular formula is C8H7F2LiO2. The van der Waals surface area contributed by atoms with Crippen LogP contribution in [0.25, 0.3) is 0 Å². The molecule has 2 fully saturated rings. The number of hydrogen-bond donors (Lipinski definition) is 0.